The van der Waals surface area contributed by atoms with E-state index in [1.807, 2.05) is 0 Å². The van der Waals surface area contributed by atoms with Gasteiger partial charge in [0.1, 0.15) is 17.6 Å². The fourth-order valence-electron chi connectivity index (χ4n) is 1.03. The summed E-state index contributed by atoms with van der Waals surface area (Å²) in [6.45, 7) is 0. The molecule has 4 nitrogen and oxygen atoms in total. The molecule has 76 valence electrons. The average Bonchev–Trinajstić information content (AvgIpc) is 2.09. The van der Waals surface area contributed by atoms with Gasteiger partial charge in [-0.05, 0) is 11.6 Å². The monoisotopic (exact) mass is 198 g/mol. The van der Waals surface area contributed by atoms with E-state index in [2.05, 4.69) is 0 Å². The zero-order valence-corrected chi connectivity index (χ0v) is 7.27. The molecular formula is C9H10FNO3. The zero-order chi connectivity index (χ0) is 10.7. The van der Waals surface area contributed by atoms with E-state index in [9.17, 15) is 9.18 Å². The molecule has 1 rings (SSSR count). The van der Waals surface area contributed by atoms with Crippen LogP contribution in [0, 0.1) is 5.82 Å². The van der Waals surface area contributed by atoms with E-state index in [1.54, 1.807) is 0 Å². The number of carboxylic acid groups (broad SMARTS) is 1. The van der Waals surface area contributed by atoms with Gasteiger partial charge >= 0.3 is 5.97 Å². The molecule has 0 radical (unpaired) electrons. The average molecular weight is 198 g/mol. The number of hydrogen-bond donors (Lipinski definition) is 3. The smallest absolute Gasteiger partial charge is 0.320 e. The minimum atomic E-state index is -1.18. The Labute approximate surface area is 79.8 Å². The molecule has 0 saturated carbocycles. The molecule has 0 spiro atoms. The first kappa shape index (κ1) is 10.5. The van der Waals surface area contributed by atoms with Crippen LogP contribution in [0.4, 0.5) is 4.39 Å². The van der Waals surface area contributed by atoms with Crippen LogP contribution in [0.2, 0.25) is 0 Å². The van der Waals surface area contributed by atoms with Crippen molar-refractivity contribution < 1.29 is 19.4 Å². The molecular weight excluding hydrogens is 188 g/mol. The highest BCUT2D eigenvalue weighted by molar-refractivity contribution is 5.73. The van der Waals surface area contributed by atoms with E-state index in [0.29, 0.717) is 0 Å². The molecule has 4 N–H and O–H groups in total. The first-order valence-electron chi connectivity index (χ1n) is 3.96. The molecule has 1 atom stereocenters. The van der Waals surface area contributed by atoms with Gasteiger partial charge in [-0.15, -0.1) is 0 Å². The Morgan fingerprint density at radius 1 is 1.57 bits per heavy atom. The van der Waals surface area contributed by atoms with E-state index < -0.39 is 17.8 Å². The summed E-state index contributed by atoms with van der Waals surface area (Å²) in [5, 5.41) is 17.4. The quantitative estimate of drug-likeness (QED) is 0.659. The molecule has 5 heteroatoms. The van der Waals surface area contributed by atoms with Gasteiger partial charge in [0.25, 0.3) is 0 Å². The van der Waals surface area contributed by atoms with Gasteiger partial charge in [-0.2, -0.15) is 0 Å². The predicted octanol–water partition coefficient (Wildman–Crippen LogP) is 0.486. The number of nitrogens with two attached hydrogens (primary N) is 1. The van der Waals surface area contributed by atoms with E-state index in [-0.39, 0.29) is 17.7 Å². The zero-order valence-electron chi connectivity index (χ0n) is 7.27. The standard InChI is InChI=1S/C9H10FNO3/c10-7-4-6(12)2-1-5(7)3-8(11)9(13)14/h1-2,4,8,12H,3,11H2,(H,13,14)/i10-1. The van der Waals surface area contributed by atoms with Crippen molar-refractivity contribution in [3.8, 4) is 5.75 Å². The first-order chi connectivity index (χ1) is 6.50. The lowest BCUT2D eigenvalue weighted by atomic mass is 10.1. The fourth-order valence-corrected chi connectivity index (χ4v) is 1.03. The first-order valence-corrected chi connectivity index (χ1v) is 3.96. The molecule has 1 aromatic carbocycles. The summed E-state index contributed by atoms with van der Waals surface area (Å²) in [4.78, 5) is 10.4. The molecule has 0 aliphatic rings. The number of rotatable bonds is 3. The summed E-state index contributed by atoms with van der Waals surface area (Å²) < 4.78 is 13.1. The number of carbonyl (C=O) groups is 1. The molecule has 0 aliphatic carbocycles. The van der Waals surface area contributed by atoms with Gasteiger partial charge in [0, 0.05) is 12.5 Å². The van der Waals surface area contributed by atoms with Crippen molar-refractivity contribution in [2.45, 2.75) is 12.5 Å². The highest BCUT2D eigenvalue weighted by Gasteiger charge is 2.14. The molecule has 14 heavy (non-hydrogen) atoms. The maximum absolute atomic E-state index is 13.1. The number of phenolic OH excluding ortho intramolecular Hbond substituents is 1. The van der Waals surface area contributed by atoms with Crippen LogP contribution in [0.5, 0.6) is 5.75 Å². The molecule has 0 amide bonds. The van der Waals surface area contributed by atoms with E-state index in [1.165, 1.54) is 12.1 Å². The Morgan fingerprint density at radius 2 is 2.21 bits per heavy atom. The number of phenols is 1. The Balaban J connectivity index is 2.82. The van der Waals surface area contributed by atoms with Crippen molar-refractivity contribution in [2.75, 3.05) is 0 Å². The SMILES string of the molecule is NC(Cc1ccc(O)cc1[18F])C(=O)O. The van der Waals surface area contributed by atoms with Crippen molar-refractivity contribution in [1.29, 1.82) is 0 Å². The third kappa shape index (κ3) is 2.43. The number of aliphatic carboxylic acids is 1. The van der Waals surface area contributed by atoms with Crippen molar-refractivity contribution in [3.63, 3.8) is 0 Å². The Kier molecular flexibility index (Phi) is 3.03. The lowest BCUT2D eigenvalue weighted by Gasteiger charge is -2.07. The van der Waals surface area contributed by atoms with Crippen LogP contribution in [-0.2, 0) is 11.2 Å². The van der Waals surface area contributed by atoms with Crippen LogP contribution in [0.15, 0.2) is 18.2 Å². The Hall–Kier alpha value is -1.62. The molecule has 0 bridgehead atoms. The molecule has 0 fully saturated rings. The van der Waals surface area contributed by atoms with Crippen molar-refractivity contribution >= 4 is 5.97 Å². The number of benzene rings is 1. The Morgan fingerprint density at radius 3 is 2.71 bits per heavy atom. The van der Waals surface area contributed by atoms with Gasteiger partial charge in [-0.25, -0.2) is 4.39 Å². The van der Waals surface area contributed by atoms with Crippen LogP contribution in [0.25, 0.3) is 0 Å². The van der Waals surface area contributed by atoms with Gasteiger partial charge < -0.3 is 15.9 Å². The molecule has 1 aromatic rings. The third-order valence-corrected chi connectivity index (χ3v) is 1.79. The minimum absolute atomic E-state index is 0.0958. The fraction of sp³-hybridized carbons (Fsp3) is 0.222. The highest BCUT2D eigenvalue weighted by Crippen LogP contribution is 2.15. The lowest BCUT2D eigenvalue weighted by molar-refractivity contribution is -0.138. The maximum atomic E-state index is 13.1. The van der Waals surface area contributed by atoms with Gasteiger partial charge in [0.15, 0.2) is 0 Å². The number of halogens is 1. The summed E-state index contributed by atoms with van der Waals surface area (Å²) >= 11 is 0. The lowest BCUT2D eigenvalue weighted by Crippen LogP contribution is -2.32. The second-order valence-corrected chi connectivity index (χ2v) is 2.92. The summed E-state index contributed by atoms with van der Waals surface area (Å²) in [6.07, 6.45) is -0.0958. The third-order valence-electron chi connectivity index (χ3n) is 1.79. The van der Waals surface area contributed by atoms with Crippen molar-refractivity contribution in [2.24, 2.45) is 5.73 Å². The molecule has 0 saturated heterocycles. The largest absolute Gasteiger partial charge is 0.508 e. The normalized spacial score (nSPS) is 12.4. The van der Waals surface area contributed by atoms with Gasteiger partial charge in [-0.1, -0.05) is 6.07 Å². The van der Waals surface area contributed by atoms with Gasteiger partial charge in [0.2, 0.25) is 0 Å². The predicted molar refractivity (Wildman–Crippen MR) is 47.4 cm³/mol. The number of carboxylic acids is 1. The van der Waals surface area contributed by atoms with Crippen molar-refractivity contribution in [3.05, 3.63) is 29.6 Å². The Bertz CT molecular complexity index is 354. The van der Waals surface area contributed by atoms with Gasteiger partial charge in [-0.3, -0.25) is 4.79 Å². The highest BCUT2D eigenvalue weighted by atomic mass is 18.2. The number of aromatic hydroxyl groups is 1. The van der Waals surface area contributed by atoms with Crippen LogP contribution >= 0.6 is 0 Å². The number of hydrogen-bond acceptors (Lipinski definition) is 3. The van der Waals surface area contributed by atoms with Crippen LogP contribution in [0.1, 0.15) is 5.56 Å². The van der Waals surface area contributed by atoms with Crippen molar-refractivity contribution in [1.82, 2.24) is 0 Å². The second-order valence-electron chi connectivity index (χ2n) is 2.92. The summed E-state index contributed by atoms with van der Waals surface area (Å²) in [5.74, 6) is -2.03. The summed E-state index contributed by atoms with van der Waals surface area (Å²) in [7, 11) is 0. The minimum Gasteiger partial charge on any atom is -0.508 e. The van der Waals surface area contributed by atoms with E-state index >= 15 is 0 Å². The summed E-state index contributed by atoms with van der Waals surface area (Å²) in [5.41, 5.74) is 5.41. The maximum Gasteiger partial charge on any atom is 0.320 e. The molecule has 0 aromatic heterocycles. The van der Waals surface area contributed by atoms with Gasteiger partial charge in [0.05, 0.1) is 0 Å². The van der Waals surface area contributed by atoms with E-state index in [0.717, 1.165) is 6.07 Å². The molecule has 0 aliphatic heterocycles. The second kappa shape index (κ2) is 4.06. The molecule has 1 unspecified atom stereocenters. The molecule has 0 heterocycles. The topological polar surface area (TPSA) is 83.5 Å². The van der Waals surface area contributed by atoms with Crippen LogP contribution in [-0.4, -0.2) is 22.2 Å². The van der Waals surface area contributed by atoms with E-state index in [4.69, 9.17) is 15.9 Å². The van der Waals surface area contributed by atoms with Crippen LogP contribution < -0.4 is 5.73 Å². The van der Waals surface area contributed by atoms with Crippen LogP contribution in [0.3, 0.4) is 0 Å². The summed E-state index contributed by atoms with van der Waals surface area (Å²) in [6, 6.07) is 2.39.